The van der Waals surface area contributed by atoms with Crippen molar-refractivity contribution in [3.63, 3.8) is 0 Å². The lowest BCUT2D eigenvalue weighted by atomic mass is 9.95. The lowest BCUT2D eigenvalue weighted by Gasteiger charge is -2.26. The largest absolute Gasteiger partial charge is 0.349 e. The molecule has 0 unspecified atom stereocenters. The van der Waals surface area contributed by atoms with E-state index in [1.54, 1.807) is 0 Å². The van der Waals surface area contributed by atoms with E-state index in [4.69, 9.17) is 11.6 Å². The number of carbonyl (C=O) groups is 1. The smallest absolute Gasteiger partial charge is 0.253 e. The van der Waals surface area contributed by atoms with Crippen LogP contribution in [-0.2, 0) is 0 Å². The van der Waals surface area contributed by atoms with Gasteiger partial charge in [-0.05, 0) is 37.8 Å². The van der Waals surface area contributed by atoms with Gasteiger partial charge in [-0.1, -0.05) is 33.6 Å². The molecule has 1 aliphatic rings. The third kappa shape index (κ3) is 3.23. The second kappa shape index (κ2) is 6.02. The first-order valence-corrected chi connectivity index (χ1v) is 7.26. The second-order valence-corrected chi connectivity index (χ2v) is 6.20. The Morgan fingerprint density at radius 1 is 1.33 bits per heavy atom. The molecule has 0 aliphatic heterocycles. The van der Waals surface area contributed by atoms with Gasteiger partial charge >= 0.3 is 0 Å². The van der Waals surface area contributed by atoms with E-state index in [0.717, 1.165) is 25.7 Å². The van der Waals surface area contributed by atoms with Crippen LogP contribution >= 0.6 is 27.5 Å². The quantitative estimate of drug-likeness (QED) is 0.816. The highest BCUT2D eigenvalue weighted by atomic mass is 79.9. The van der Waals surface area contributed by atoms with Crippen molar-refractivity contribution >= 4 is 33.4 Å². The fraction of sp³-hybridized carbons (Fsp3) is 0.462. The zero-order valence-electron chi connectivity index (χ0n) is 9.76. The van der Waals surface area contributed by atoms with E-state index < -0.39 is 5.82 Å². The molecule has 1 N–H and O–H groups in total. The number of alkyl halides is 1. The van der Waals surface area contributed by atoms with E-state index in [2.05, 4.69) is 21.2 Å². The number of rotatable bonds is 2. The highest BCUT2D eigenvalue weighted by Crippen LogP contribution is 2.25. The Hall–Kier alpha value is -0.610. The molecule has 0 radical (unpaired) electrons. The molecule has 1 amide bonds. The lowest BCUT2D eigenvalue weighted by Crippen LogP contribution is -2.37. The second-order valence-electron chi connectivity index (χ2n) is 4.52. The molecule has 0 spiro atoms. The van der Waals surface area contributed by atoms with Crippen molar-refractivity contribution in [2.24, 2.45) is 0 Å². The maximum Gasteiger partial charge on any atom is 0.253 e. The Labute approximate surface area is 119 Å². The molecule has 0 bridgehead atoms. The minimum atomic E-state index is -0.562. The number of hydrogen-bond donors (Lipinski definition) is 1. The van der Waals surface area contributed by atoms with Crippen LogP contribution in [0.3, 0.4) is 0 Å². The van der Waals surface area contributed by atoms with Crippen LogP contribution < -0.4 is 5.32 Å². The SMILES string of the molecule is O=C(NC1CCC(Br)CC1)c1cccc(F)c1Cl. The normalized spacial score (nSPS) is 23.7. The molecule has 1 aromatic carbocycles. The van der Waals surface area contributed by atoms with Crippen LogP contribution in [0.5, 0.6) is 0 Å². The van der Waals surface area contributed by atoms with E-state index in [0.29, 0.717) is 4.83 Å². The van der Waals surface area contributed by atoms with Gasteiger partial charge < -0.3 is 5.32 Å². The van der Waals surface area contributed by atoms with Gasteiger partial charge in [0.1, 0.15) is 5.82 Å². The molecule has 0 atom stereocenters. The zero-order valence-corrected chi connectivity index (χ0v) is 12.1. The standard InChI is InChI=1S/C13H14BrClFNO/c14-8-4-6-9(7-5-8)17-13(18)10-2-1-3-11(16)12(10)15/h1-3,8-9H,4-7H2,(H,17,18). The van der Waals surface area contributed by atoms with Crippen molar-refractivity contribution in [3.05, 3.63) is 34.6 Å². The van der Waals surface area contributed by atoms with Gasteiger partial charge in [-0.15, -0.1) is 0 Å². The van der Waals surface area contributed by atoms with Gasteiger partial charge in [0.25, 0.3) is 5.91 Å². The van der Waals surface area contributed by atoms with Crippen molar-refractivity contribution in [3.8, 4) is 0 Å². The summed E-state index contributed by atoms with van der Waals surface area (Å²) in [4.78, 5) is 12.5. The van der Waals surface area contributed by atoms with Gasteiger partial charge in [-0.25, -0.2) is 4.39 Å². The van der Waals surface area contributed by atoms with Gasteiger partial charge in [0, 0.05) is 10.9 Å². The summed E-state index contributed by atoms with van der Waals surface area (Å²) in [5.41, 5.74) is 0.206. The highest BCUT2D eigenvalue weighted by Gasteiger charge is 2.22. The van der Waals surface area contributed by atoms with E-state index in [1.165, 1.54) is 18.2 Å². The van der Waals surface area contributed by atoms with E-state index >= 15 is 0 Å². The zero-order chi connectivity index (χ0) is 13.1. The molecule has 0 heterocycles. The number of amides is 1. The monoisotopic (exact) mass is 333 g/mol. The number of benzene rings is 1. The first-order valence-electron chi connectivity index (χ1n) is 5.97. The Morgan fingerprint density at radius 3 is 2.67 bits per heavy atom. The van der Waals surface area contributed by atoms with Crippen molar-refractivity contribution in [2.75, 3.05) is 0 Å². The third-order valence-electron chi connectivity index (χ3n) is 3.19. The molecule has 0 saturated heterocycles. The minimum absolute atomic E-state index is 0.107. The molecule has 2 rings (SSSR count). The van der Waals surface area contributed by atoms with Crippen molar-refractivity contribution < 1.29 is 9.18 Å². The fourth-order valence-electron chi connectivity index (χ4n) is 2.14. The third-order valence-corrected chi connectivity index (χ3v) is 4.49. The molecule has 1 aliphatic carbocycles. The fourth-order valence-corrected chi connectivity index (χ4v) is 2.88. The summed E-state index contributed by atoms with van der Waals surface area (Å²) >= 11 is 9.35. The average molecular weight is 335 g/mol. The number of hydrogen-bond acceptors (Lipinski definition) is 1. The topological polar surface area (TPSA) is 29.1 Å². The van der Waals surface area contributed by atoms with Crippen LogP contribution in [0.1, 0.15) is 36.0 Å². The summed E-state index contributed by atoms with van der Waals surface area (Å²) in [6.07, 6.45) is 3.97. The molecule has 1 fully saturated rings. The van der Waals surface area contributed by atoms with E-state index in [-0.39, 0.29) is 22.5 Å². The van der Waals surface area contributed by atoms with Gasteiger partial charge in [0.05, 0.1) is 10.6 Å². The van der Waals surface area contributed by atoms with Crippen LogP contribution in [0, 0.1) is 5.82 Å². The maximum absolute atomic E-state index is 13.3. The van der Waals surface area contributed by atoms with E-state index in [9.17, 15) is 9.18 Å². The molecule has 98 valence electrons. The maximum atomic E-state index is 13.3. The highest BCUT2D eigenvalue weighted by molar-refractivity contribution is 9.09. The van der Waals surface area contributed by atoms with Crippen LogP contribution in [-0.4, -0.2) is 16.8 Å². The van der Waals surface area contributed by atoms with Crippen molar-refractivity contribution in [2.45, 2.75) is 36.6 Å². The molecule has 5 heteroatoms. The summed E-state index contributed by atoms with van der Waals surface area (Å²) < 4.78 is 13.3. The average Bonchev–Trinajstić information content (AvgIpc) is 2.35. The van der Waals surface area contributed by atoms with Crippen LogP contribution in [0.15, 0.2) is 18.2 Å². The van der Waals surface area contributed by atoms with E-state index in [1.807, 2.05) is 0 Å². The molecule has 18 heavy (non-hydrogen) atoms. The summed E-state index contributed by atoms with van der Waals surface area (Å²) in [6, 6.07) is 4.43. The van der Waals surface area contributed by atoms with Crippen molar-refractivity contribution in [1.29, 1.82) is 0 Å². The lowest BCUT2D eigenvalue weighted by molar-refractivity contribution is 0.0928. The van der Waals surface area contributed by atoms with Crippen molar-refractivity contribution in [1.82, 2.24) is 5.32 Å². The number of carbonyl (C=O) groups excluding carboxylic acids is 1. The molecule has 0 aromatic heterocycles. The van der Waals surface area contributed by atoms with Gasteiger partial charge in [0.2, 0.25) is 0 Å². The first kappa shape index (κ1) is 13.8. The van der Waals surface area contributed by atoms with Gasteiger partial charge in [-0.3, -0.25) is 4.79 Å². The Balaban J connectivity index is 2.01. The summed E-state index contributed by atoms with van der Waals surface area (Å²) in [7, 11) is 0. The summed E-state index contributed by atoms with van der Waals surface area (Å²) in [6.45, 7) is 0. The summed E-state index contributed by atoms with van der Waals surface area (Å²) in [5.74, 6) is -0.856. The predicted molar refractivity (Wildman–Crippen MR) is 73.8 cm³/mol. The van der Waals surface area contributed by atoms with Gasteiger partial charge in [0.15, 0.2) is 0 Å². The first-order chi connectivity index (χ1) is 8.58. The van der Waals surface area contributed by atoms with Crippen LogP contribution in [0.25, 0.3) is 0 Å². The molecule has 1 saturated carbocycles. The molecular formula is C13H14BrClFNO. The van der Waals surface area contributed by atoms with Crippen LogP contribution in [0.2, 0.25) is 5.02 Å². The number of halogens is 3. The van der Waals surface area contributed by atoms with Gasteiger partial charge in [-0.2, -0.15) is 0 Å². The Kier molecular flexibility index (Phi) is 4.62. The number of nitrogens with one attached hydrogen (secondary N) is 1. The Morgan fingerprint density at radius 2 is 2.00 bits per heavy atom. The molecule has 2 nitrogen and oxygen atoms in total. The Bertz CT molecular complexity index is 447. The molecule has 1 aromatic rings. The van der Waals surface area contributed by atoms with Crippen LogP contribution in [0.4, 0.5) is 4.39 Å². The molecular weight excluding hydrogens is 321 g/mol. The minimum Gasteiger partial charge on any atom is -0.349 e. The predicted octanol–water partition coefficient (Wildman–Crippen LogP) is 3.92. The summed E-state index contributed by atoms with van der Waals surface area (Å²) in [5, 5.41) is 2.81.